The van der Waals surface area contributed by atoms with Gasteiger partial charge in [-0.3, -0.25) is 0 Å². The quantitative estimate of drug-likeness (QED) is 0.750. The van der Waals surface area contributed by atoms with Crippen molar-refractivity contribution in [3.63, 3.8) is 0 Å². The zero-order valence-electron chi connectivity index (χ0n) is 18.5. The van der Waals surface area contributed by atoms with Gasteiger partial charge in [-0.05, 0) is 31.7 Å². The molecule has 1 aromatic rings. The average Bonchev–Trinajstić information content (AvgIpc) is 2.81. The highest BCUT2D eigenvalue weighted by molar-refractivity contribution is 5.75. The van der Waals surface area contributed by atoms with Gasteiger partial charge in [-0.15, -0.1) is 6.58 Å². The van der Waals surface area contributed by atoms with Crippen molar-refractivity contribution in [3.8, 4) is 6.07 Å². The zero-order chi connectivity index (χ0) is 21.8. The number of aromatic nitrogens is 1. The van der Waals surface area contributed by atoms with Crippen LogP contribution in [0.3, 0.4) is 0 Å². The third-order valence-corrected chi connectivity index (χ3v) is 6.86. The molecule has 1 atom stereocenters. The molecule has 1 N–H and O–H groups in total. The molecule has 0 spiro atoms. The minimum Gasteiger partial charge on any atom is -0.376 e. The molecule has 2 fully saturated rings. The Balaban J connectivity index is 1.64. The normalized spacial score (nSPS) is 21.9. The second-order valence-electron chi connectivity index (χ2n) is 8.87. The van der Waals surface area contributed by atoms with Crippen LogP contribution in [-0.2, 0) is 17.8 Å². The smallest absolute Gasteiger partial charge is 0.318 e. The van der Waals surface area contributed by atoms with Crippen LogP contribution in [0.4, 0.5) is 10.6 Å². The molecule has 0 aromatic carbocycles. The Morgan fingerprint density at radius 2 is 2.13 bits per heavy atom. The summed E-state index contributed by atoms with van der Waals surface area (Å²) in [5.41, 5.74) is 4.16. The van der Waals surface area contributed by atoms with Gasteiger partial charge in [-0.1, -0.05) is 25.3 Å². The number of hydrogen-bond acceptors (Lipinski definition) is 5. The number of fused-ring (bicyclic) bond motifs is 1. The minimum absolute atomic E-state index is 0.0319. The largest absolute Gasteiger partial charge is 0.376 e. The van der Waals surface area contributed by atoms with Crippen LogP contribution in [0.25, 0.3) is 0 Å². The van der Waals surface area contributed by atoms with Gasteiger partial charge in [0.1, 0.15) is 11.9 Å². The number of nitrogens with one attached hydrogen (secondary N) is 1. The van der Waals surface area contributed by atoms with Crippen molar-refractivity contribution in [1.29, 1.82) is 5.26 Å². The Labute approximate surface area is 185 Å². The van der Waals surface area contributed by atoms with Crippen LogP contribution in [0.5, 0.6) is 0 Å². The Hall–Kier alpha value is -2.59. The Morgan fingerprint density at radius 1 is 1.32 bits per heavy atom. The lowest BCUT2D eigenvalue weighted by Crippen LogP contribution is -2.57. The first kappa shape index (κ1) is 21.6. The maximum absolute atomic E-state index is 12.5. The molecule has 1 aliphatic carbocycles. The summed E-state index contributed by atoms with van der Waals surface area (Å²) < 4.78 is 5.78. The van der Waals surface area contributed by atoms with Crippen LogP contribution in [0.15, 0.2) is 12.7 Å². The number of carbonyl (C=O) groups excluding carboxylic acids is 1. The lowest BCUT2D eigenvalue weighted by atomic mass is 9.82. The molecule has 0 unspecified atom stereocenters. The van der Waals surface area contributed by atoms with E-state index in [-0.39, 0.29) is 12.1 Å². The SMILES string of the molecule is C=CCNC(=O)N1CCN(c2nc(C3CCCCC3)c3c(c2C#N)CCOC3)C[C@H]1C. The van der Waals surface area contributed by atoms with Crippen LogP contribution in [0, 0.1) is 11.3 Å². The van der Waals surface area contributed by atoms with Crippen molar-refractivity contribution in [2.24, 2.45) is 0 Å². The maximum Gasteiger partial charge on any atom is 0.318 e. The Bertz CT molecular complexity index is 872. The standard InChI is InChI=1S/C24H33N5O2/c1-3-10-26-24(30)29-12-11-28(15-17(29)2)23-20(14-25)19-9-13-31-16-21(19)22(27-23)18-7-5-4-6-8-18/h3,17-18H,1,4-13,15-16H2,2H3,(H,26,30)/t17-/m1/s1. The number of ether oxygens (including phenoxy) is 1. The third kappa shape index (κ3) is 4.40. The highest BCUT2D eigenvalue weighted by Crippen LogP contribution is 2.39. The van der Waals surface area contributed by atoms with Gasteiger partial charge in [-0.25, -0.2) is 9.78 Å². The summed E-state index contributed by atoms with van der Waals surface area (Å²) in [6.07, 6.45) is 8.57. The molecule has 3 aliphatic rings. The van der Waals surface area contributed by atoms with Crippen molar-refractivity contribution in [3.05, 3.63) is 35.0 Å². The van der Waals surface area contributed by atoms with E-state index in [2.05, 4.69) is 29.8 Å². The van der Waals surface area contributed by atoms with Crippen LogP contribution >= 0.6 is 0 Å². The molecule has 1 saturated heterocycles. The molecule has 0 bridgehead atoms. The van der Waals surface area contributed by atoms with E-state index >= 15 is 0 Å². The number of pyridine rings is 1. The molecule has 31 heavy (non-hydrogen) atoms. The molecule has 1 aromatic heterocycles. The van der Waals surface area contributed by atoms with Gasteiger partial charge in [-0.2, -0.15) is 5.26 Å². The summed E-state index contributed by atoms with van der Waals surface area (Å²) in [6.45, 7) is 9.35. The van der Waals surface area contributed by atoms with E-state index in [1.165, 1.54) is 32.1 Å². The first-order valence-corrected chi connectivity index (χ1v) is 11.6. The van der Waals surface area contributed by atoms with Crippen molar-refractivity contribution >= 4 is 11.8 Å². The van der Waals surface area contributed by atoms with Crippen molar-refractivity contribution in [1.82, 2.24) is 15.2 Å². The Morgan fingerprint density at radius 3 is 2.84 bits per heavy atom. The van der Waals surface area contributed by atoms with Crippen molar-refractivity contribution in [2.75, 3.05) is 37.7 Å². The van der Waals surface area contributed by atoms with E-state index in [0.717, 1.165) is 29.1 Å². The average molecular weight is 424 g/mol. The Kier molecular flexibility index (Phi) is 6.77. The predicted octanol–water partition coefficient (Wildman–Crippen LogP) is 3.48. The second kappa shape index (κ2) is 9.69. The van der Waals surface area contributed by atoms with Crippen LogP contribution in [-0.4, -0.2) is 54.7 Å². The molecule has 2 aliphatic heterocycles. The van der Waals surface area contributed by atoms with Crippen LogP contribution < -0.4 is 10.2 Å². The number of rotatable bonds is 4. The van der Waals surface area contributed by atoms with Gasteiger partial charge in [0.15, 0.2) is 0 Å². The monoisotopic (exact) mass is 423 g/mol. The van der Waals surface area contributed by atoms with Gasteiger partial charge in [0, 0.05) is 43.7 Å². The lowest BCUT2D eigenvalue weighted by Gasteiger charge is -2.41. The van der Waals surface area contributed by atoms with Crippen molar-refractivity contribution < 1.29 is 9.53 Å². The van der Waals surface area contributed by atoms with E-state index < -0.39 is 0 Å². The molecule has 7 heteroatoms. The first-order chi connectivity index (χ1) is 15.1. The zero-order valence-corrected chi connectivity index (χ0v) is 18.5. The number of hydrogen-bond donors (Lipinski definition) is 1. The summed E-state index contributed by atoms with van der Waals surface area (Å²) >= 11 is 0. The molecule has 0 radical (unpaired) electrons. The predicted molar refractivity (Wildman–Crippen MR) is 120 cm³/mol. The van der Waals surface area contributed by atoms with E-state index in [4.69, 9.17) is 9.72 Å². The fourth-order valence-electron chi connectivity index (χ4n) is 5.24. The van der Waals surface area contributed by atoms with Crippen LogP contribution in [0.1, 0.15) is 67.3 Å². The molecule has 2 amide bonds. The molecular weight excluding hydrogens is 390 g/mol. The topological polar surface area (TPSA) is 81.5 Å². The number of amides is 2. The summed E-state index contributed by atoms with van der Waals surface area (Å²) in [5, 5.41) is 12.9. The second-order valence-corrected chi connectivity index (χ2v) is 8.87. The molecular formula is C24H33N5O2. The van der Waals surface area contributed by atoms with E-state index in [0.29, 0.717) is 50.9 Å². The van der Waals surface area contributed by atoms with Gasteiger partial charge in [0.05, 0.1) is 24.5 Å². The number of carbonyl (C=O) groups is 1. The van der Waals surface area contributed by atoms with Gasteiger partial charge >= 0.3 is 6.03 Å². The van der Waals surface area contributed by atoms with Crippen molar-refractivity contribution in [2.45, 2.75) is 64.0 Å². The maximum atomic E-state index is 12.5. The highest BCUT2D eigenvalue weighted by atomic mass is 16.5. The van der Waals surface area contributed by atoms with Gasteiger partial charge in [0.2, 0.25) is 0 Å². The molecule has 3 heterocycles. The summed E-state index contributed by atoms with van der Waals surface area (Å²) in [5.74, 6) is 1.26. The van der Waals surface area contributed by atoms with Gasteiger partial charge < -0.3 is 19.9 Å². The number of anilines is 1. The number of nitriles is 1. The van der Waals surface area contributed by atoms with E-state index in [9.17, 15) is 10.1 Å². The molecule has 1 saturated carbocycles. The first-order valence-electron chi connectivity index (χ1n) is 11.6. The number of nitrogens with zero attached hydrogens (tertiary/aromatic N) is 4. The van der Waals surface area contributed by atoms with Crippen LogP contribution in [0.2, 0.25) is 0 Å². The molecule has 4 rings (SSSR count). The lowest BCUT2D eigenvalue weighted by molar-refractivity contribution is 0.109. The fraction of sp³-hybridized carbons (Fsp3) is 0.625. The van der Waals surface area contributed by atoms with E-state index in [1.54, 1.807) is 6.08 Å². The minimum atomic E-state index is -0.0639. The highest BCUT2D eigenvalue weighted by Gasteiger charge is 2.33. The van der Waals surface area contributed by atoms with E-state index in [1.807, 2.05) is 4.90 Å². The van der Waals surface area contributed by atoms with Gasteiger partial charge in [0.25, 0.3) is 0 Å². The number of urea groups is 1. The summed E-state index contributed by atoms with van der Waals surface area (Å²) in [4.78, 5) is 21.7. The summed E-state index contributed by atoms with van der Waals surface area (Å²) in [6, 6.07) is 2.43. The fourth-order valence-corrected chi connectivity index (χ4v) is 5.24. The third-order valence-electron chi connectivity index (χ3n) is 6.86. The number of piperazine rings is 1. The molecule has 166 valence electrons. The molecule has 7 nitrogen and oxygen atoms in total. The summed E-state index contributed by atoms with van der Waals surface area (Å²) in [7, 11) is 0.